The van der Waals surface area contributed by atoms with Gasteiger partial charge in [-0.1, -0.05) is 47.2 Å². The van der Waals surface area contributed by atoms with Gasteiger partial charge in [-0.3, -0.25) is 0 Å². The van der Waals surface area contributed by atoms with E-state index < -0.39 is 26.2 Å². The second kappa shape index (κ2) is 8.27. The lowest BCUT2D eigenvalue weighted by Crippen LogP contribution is -2.11. The summed E-state index contributed by atoms with van der Waals surface area (Å²) in [6.07, 6.45) is 4.65. The Morgan fingerprint density at radius 2 is 1.17 bits per heavy atom. The molecule has 0 amide bonds. The molecule has 0 aliphatic heterocycles. The topological polar surface area (TPSA) is 98.4 Å². The Kier molecular flexibility index (Phi) is 5.48. The van der Waals surface area contributed by atoms with Crippen LogP contribution in [0.25, 0.3) is 0 Å². The number of nitrogens with zero attached hydrogens (tertiary/aromatic N) is 2. The fourth-order valence-electron chi connectivity index (χ4n) is 3.96. The van der Waals surface area contributed by atoms with Gasteiger partial charge < -0.3 is 5.11 Å². The molecule has 2 aromatic carbocycles. The first kappa shape index (κ1) is 23.2. The largest absolute Gasteiger partial charge is 0.388 e. The monoisotopic (exact) mass is 506 g/mol. The van der Waals surface area contributed by atoms with Gasteiger partial charge in [0.15, 0.2) is 0 Å². The molecule has 35 heavy (non-hydrogen) atoms. The first-order valence-electron chi connectivity index (χ1n) is 10.8. The molecule has 1 atom stereocenters. The minimum absolute atomic E-state index is 0.0853. The highest BCUT2D eigenvalue weighted by atomic mass is 32.2. The predicted molar refractivity (Wildman–Crippen MR) is 131 cm³/mol. The molecule has 1 unspecified atom stereocenters. The van der Waals surface area contributed by atoms with E-state index in [2.05, 4.69) is 11.8 Å². The van der Waals surface area contributed by atoms with Crippen LogP contribution in [0, 0.1) is 25.7 Å². The Hall–Kier alpha value is -3.58. The van der Waals surface area contributed by atoms with Gasteiger partial charge in [-0.25, -0.2) is 24.8 Å². The number of aliphatic hydroxyl groups excluding tert-OH is 1. The van der Waals surface area contributed by atoms with Crippen LogP contribution >= 0.6 is 0 Å². The van der Waals surface area contributed by atoms with Crippen LogP contribution in [-0.2, 0) is 26.5 Å². The van der Waals surface area contributed by atoms with Gasteiger partial charge in [0.2, 0.25) is 0 Å². The van der Waals surface area contributed by atoms with Crippen LogP contribution in [-0.4, -0.2) is 29.9 Å². The quantitative estimate of drug-likeness (QED) is 0.428. The van der Waals surface area contributed by atoms with Crippen molar-refractivity contribution in [2.75, 3.05) is 0 Å². The third-order valence-corrected chi connectivity index (χ3v) is 9.28. The van der Waals surface area contributed by atoms with Crippen LogP contribution < -0.4 is 0 Å². The molecule has 0 radical (unpaired) electrons. The third-order valence-electron chi connectivity index (χ3n) is 6.02. The molecular formula is C26H22N2O5S2. The van der Waals surface area contributed by atoms with Crippen LogP contribution in [0.3, 0.4) is 0 Å². The molecule has 0 bridgehead atoms. The van der Waals surface area contributed by atoms with Gasteiger partial charge in [0.25, 0.3) is 20.0 Å². The first-order valence-corrected chi connectivity index (χ1v) is 13.7. The Morgan fingerprint density at radius 3 is 1.71 bits per heavy atom. The maximum absolute atomic E-state index is 13.1. The molecule has 0 saturated carbocycles. The third kappa shape index (κ3) is 4.10. The summed E-state index contributed by atoms with van der Waals surface area (Å²) in [5.41, 5.74) is 3.64. The number of rotatable bonds is 4. The Balaban J connectivity index is 1.53. The lowest BCUT2D eigenvalue weighted by Gasteiger charge is -2.11. The SMILES string of the molecule is Cc1ccc(S(=O)(=O)n2cc3c(c2)CC(O)c2cn(S(=O)(=O)c4ccc(C)cc4)cc2C#C3)cc1. The number of aromatic nitrogens is 2. The van der Waals surface area contributed by atoms with Gasteiger partial charge in [0, 0.05) is 47.9 Å². The zero-order valence-corrected chi connectivity index (χ0v) is 20.6. The summed E-state index contributed by atoms with van der Waals surface area (Å²) < 4.78 is 54.5. The van der Waals surface area contributed by atoms with Crippen molar-refractivity contribution < 1.29 is 21.9 Å². The van der Waals surface area contributed by atoms with E-state index in [1.807, 2.05) is 13.8 Å². The summed E-state index contributed by atoms with van der Waals surface area (Å²) in [4.78, 5) is 0.284. The average molecular weight is 507 g/mol. The smallest absolute Gasteiger partial charge is 0.267 e. The number of aliphatic hydroxyl groups is 1. The second-order valence-electron chi connectivity index (χ2n) is 8.59. The summed E-state index contributed by atoms with van der Waals surface area (Å²) in [5, 5.41) is 10.9. The predicted octanol–water partition coefficient (Wildman–Crippen LogP) is 3.37. The summed E-state index contributed by atoms with van der Waals surface area (Å²) in [7, 11) is -7.68. The van der Waals surface area contributed by atoms with Crippen molar-refractivity contribution in [3.63, 3.8) is 0 Å². The second-order valence-corrected chi connectivity index (χ2v) is 12.3. The molecule has 178 valence electrons. The van der Waals surface area contributed by atoms with Gasteiger partial charge in [0.1, 0.15) is 0 Å². The lowest BCUT2D eigenvalue weighted by atomic mass is 9.98. The highest BCUT2D eigenvalue weighted by Crippen LogP contribution is 2.29. The van der Waals surface area contributed by atoms with E-state index in [0.29, 0.717) is 22.3 Å². The number of hydrogen-bond acceptors (Lipinski definition) is 5. The van der Waals surface area contributed by atoms with E-state index in [1.165, 1.54) is 36.9 Å². The van der Waals surface area contributed by atoms with Crippen LogP contribution in [0.4, 0.5) is 0 Å². The van der Waals surface area contributed by atoms with Crippen LogP contribution in [0.5, 0.6) is 0 Å². The lowest BCUT2D eigenvalue weighted by molar-refractivity contribution is 0.178. The van der Waals surface area contributed by atoms with Crippen molar-refractivity contribution in [3.8, 4) is 11.8 Å². The van der Waals surface area contributed by atoms with E-state index in [4.69, 9.17) is 0 Å². The molecule has 0 saturated heterocycles. The first-order chi connectivity index (χ1) is 16.6. The van der Waals surface area contributed by atoms with E-state index >= 15 is 0 Å². The van der Waals surface area contributed by atoms with Crippen LogP contribution in [0.2, 0.25) is 0 Å². The molecule has 9 heteroatoms. The summed E-state index contributed by atoms with van der Waals surface area (Å²) in [6.45, 7) is 3.75. The fraction of sp³-hybridized carbons (Fsp3) is 0.154. The van der Waals surface area contributed by atoms with Crippen molar-refractivity contribution in [2.24, 2.45) is 0 Å². The van der Waals surface area contributed by atoms with Gasteiger partial charge in [-0.15, -0.1) is 0 Å². The maximum Gasteiger partial charge on any atom is 0.267 e. The molecule has 7 nitrogen and oxygen atoms in total. The Bertz CT molecular complexity index is 1720. The fourth-order valence-corrected chi connectivity index (χ4v) is 6.41. The Labute approximate surface area is 204 Å². The summed E-state index contributed by atoms with van der Waals surface area (Å²) >= 11 is 0. The number of fused-ring (bicyclic) bond motifs is 2. The van der Waals surface area contributed by atoms with Crippen molar-refractivity contribution in [1.82, 2.24) is 7.94 Å². The van der Waals surface area contributed by atoms with Gasteiger partial charge in [0.05, 0.1) is 15.9 Å². The number of hydrogen-bond donors (Lipinski definition) is 1. The van der Waals surface area contributed by atoms with Crippen LogP contribution in [0.1, 0.15) is 39.5 Å². The van der Waals surface area contributed by atoms with Gasteiger partial charge >= 0.3 is 0 Å². The molecule has 4 aromatic rings. The highest BCUT2D eigenvalue weighted by Gasteiger charge is 2.26. The zero-order valence-electron chi connectivity index (χ0n) is 19.0. The average Bonchev–Trinajstić information content (AvgIpc) is 3.42. The normalized spacial score (nSPS) is 15.3. The van der Waals surface area contributed by atoms with Crippen molar-refractivity contribution in [2.45, 2.75) is 36.2 Å². The van der Waals surface area contributed by atoms with Crippen molar-refractivity contribution in [1.29, 1.82) is 0 Å². The molecule has 1 aliphatic carbocycles. The number of aryl methyl sites for hydroxylation is 2. The molecule has 0 spiro atoms. The minimum atomic E-state index is -3.86. The molecule has 2 aromatic heterocycles. The van der Waals surface area contributed by atoms with Crippen molar-refractivity contribution in [3.05, 3.63) is 107 Å². The van der Waals surface area contributed by atoms with Gasteiger partial charge in [-0.2, -0.15) is 0 Å². The molecule has 2 heterocycles. The van der Waals surface area contributed by atoms with Crippen molar-refractivity contribution >= 4 is 20.0 Å². The summed E-state index contributed by atoms with van der Waals surface area (Å²) in [6, 6.07) is 13.1. The van der Waals surface area contributed by atoms with E-state index in [1.54, 1.807) is 36.4 Å². The number of benzene rings is 2. The Morgan fingerprint density at radius 1 is 0.714 bits per heavy atom. The van der Waals surface area contributed by atoms with E-state index in [9.17, 15) is 21.9 Å². The standard InChI is InChI=1S/C26H22N2O5S2/c1-18-3-9-23(10-4-18)34(30,31)27-14-20-7-8-21-15-28(17-25(21)26(29)13-22(20)16-27)35(32,33)24-11-5-19(2)6-12-24/h3-6,9-12,14-17,26,29H,13H2,1-2H3. The molecule has 1 N–H and O–H groups in total. The summed E-state index contributed by atoms with van der Waals surface area (Å²) in [5.74, 6) is 5.87. The molecule has 0 fully saturated rings. The zero-order chi connectivity index (χ0) is 25.0. The van der Waals surface area contributed by atoms with Gasteiger partial charge in [-0.05, 0) is 43.7 Å². The van der Waals surface area contributed by atoms with E-state index in [-0.39, 0.29) is 16.2 Å². The molecule has 1 aliphatic rings. The maximum atomic E-state index is 13.1. The van der Waals surface area contributed by atoms with E-state index in [0.717, 1.165) is 19.1 Å². The molecular weight excluding hydrogens is 484 g/mol. The molecule has 5 rings (SSSR count). The highest BCUT2D eigenvalue weighted by molar-refractivity contribution is 7.90. The van der Waals surface area contributed by atoms with Crippen LogP contribution in [0.15, 0.2) is 83.1 Å². The minimum Gasteiger partial charge on any atom is -0.388 e.